The minimum Gasteiger partial charge on any atom is -0.481 e. The molecule has 0 spiro atoms. The van der Waals surface area contributed by atoms with Crippen LogP contribution < -0.4 is 0 Å². The Morgan fingerprint density at radius 3 is 2.38 bits per heavy atom. The quantitative estimate of drug-likeness (QED) is 0.514. The number of hydrogen-bond acceptors (Lipinski definition) is 2. The van der Waals surface area contributed by atoms with E-state index in [9.17, 15) is 9.59 Å². The number of unbranched alkanes of at least 4 members (excludes halogenated alkanes) is 2. The number of carbonyl (C=O) groups is 2. The molecule has 0 bridgehead atoms. The van der Waals surface area contributed by atoms with Gasteiger partial charge in [0.1, 0.15) is 0 Å². The fourth-order valence-corrected chi connectivity index (χ4v) is 1.15. The van der Waals surface area contributed by atoms with Gasteiger partial charge in [-0.25, -0.2) is 0 Å². The standard InChI is InChI=1S/C9H15ClO3/c1-7(9(12)13)5-3-2-4-6-8(10)11/h7H,2-6H2,1H3,(H,12,13). The summed E-state index contributed by atoms with van der Waals surface area (Å²) in [6.07, 6.45) is 3.54. The Labute approximate surface area is 83.1 Å². The van der Waals surface area contributed by atoms with Crippen molar-refractivity contribution in [2.24, 2.45) is 5.92 Å². The SMILES string of the molecule is CC(CCCCCC(=O)Cl)C(=O)O. The number of carboxylic acids is 1. The van der Waals surface area contributed by atoms with Crippen LogP contribution in [0.15, 0.2) is 0 Å². The topological polar surface area (TPSA) is 54.4 Å². The first kappa shape index (κ1) is 12.4. The van der Waals surface area contributed by atoms with E-state index < -0.39 is 5.97 Å². The largest absolute Gasteiger partial charge is 0.481 e. The highest BCUT2D eigenvalue weighted by Gasteiger charge is 2.09. The van der Waals surface area contributed by atoms with E-state index in [1.165, 1.54) is 0 Å². The molecule has 0 radical (unpaired) electrons. The Balaban J connectivity index is 3.26. The number of halogens is 1. The van der Waals surface area contributed by atoms with Crippen molar-refractivity contribution in [1.82, 2.24) is 0 Å². The normalized spacial score (nSPS) is 12.5. The van der Waals surface area contributed by atoms with E-state index >= 15 is 0 Å². The Hall–Kier alpha value is -0.570. The number of aliphatic carboxylic acids is 1. The van der Waals surface area contributed by atoms with E-state index in [1.54, 1.807) is 6.92 Å². The van der Waals surface area contributed by atoms with Crippen LogP contribution in [-0.2, 0) is 9.59 Å². The predicted octanol–water partition coefficient (Wildman–Crippen LogP) is 2.42. The second-order valence-corrected chi connectivity index (χ2v) is 3.62. The molecule has 0 aromatic carbocycles. The average molecular weight is 207 g/mol. The third kappa shape index (κ3) is 7.78. The van der Waals surface area contributed by atoms with Crippen molar-refractivity contribution >= 4 is 22.8 Å². The molecule has 13 heavy (non-hydrogen) atoms. The molecule has 0 rings (SSSR count). The van der Waals surface area contributed by atoms with Crippen molar-refractivity contribution in [3.8, 4) is 0 Å². The van der Waals surface area contributed by atoms with Crippen molar-refractivity contribution < 1.29 is 14.7 Å². The fraction of sp³-hybridized carbons (Fsp3) is 0.778. The van der Waals surface area contributed by atoms with Gasteiger partial charge in [0.2, 0.25) is 5.24 Å². The van der Waals surface area contributed by atoms with Crippen molar-refractivity contribution in [1.29, 1.82) is 0 Å². The molecule has 0 aliphatic rings. The molecule has 0 fully saturated rings. The number of hydrogen-bond donors (Lipinski definition) is 1. The van der Waals surface area contributed by atoms with Gasteiger partial charge in [-0.3, -0.25) is 9.59 Å². The maximum atomic E-state index is 10.4. The third-order valence-corrected chi connectivity index (χ3v) is 2.12. The first-order valence-corrected chi connectivity index (χ1v) is 4.83. The highest BCUT2D eigenvalue weighted by Crippen LogP contribution is 2.11. The van der Waals surface area contributed by atoms with Gasteiger partial charge >= 0.3 is 5.97 Å². The van der Waals surface area contributed by atoms with Crippen molar-refractivity contribution in [2.45, 2.75) is 39.0 Å². The summed E-state index contributed by atoms with van der Waals surface area (Å²) >= 11 is 5.14. The smallest absolute Gasteiger partial charge is 0.306 e. The van der Waals surface area contributed by atoms with Gasteiger partial charge in [-0.2, -0.15) is 0 Å². The highest BCUT2D eigenvalue weighted by atomic mass is 35.5. The third-order valence-electron chi connectivity index (χ3n) is 1.93. The van der Waals surface area contributed by atoms with E-state index in [4.69, 9.17) is 16.7 Å². The van der Waals surface area contributed by atoms with Crippen molar-refractivity contribution in [3.63, 3.8) is 0 Å². The molecule has 0 aliphatic carbocycles. The lowest BCUT2D eigenvalue weighted by Crippen LogP contribution is -2.08. The minimum absolute atomic E-state index is 0.285. The zero-order chi connectivity index (χ0) is 10.3. The van der Waals surface area contributed by atoms with Gasteiger partial charge in [0, 0.05) is 6.42 Å². The molecule has 1 N–H and O–H groups in total. The zero-order valence-corrected chi connectivity index (χ0v) is 8.51. The van der Waals surface area contributed by atoms with Crippen molar-refractivity contribution in [3.05, 3.63) is 0 Å². The molecular weight excluding hydrogens is 192 g/mol. The Kier molecular flexibility index (Phi) is 6.59. The number of rotatable bonds is 7. The van der Waals surface area contributed by atoms with Crippen LogP contribution in [0.1, 0.15) is 39.0 Å². The molecule has 0 amide bonds. The Morgan fingerprint density at radius 1 is 1.31 bits per heavy atom. The van der Waals surface area contributed by atoms with Crippen LogP contribution in [0.2, 0.25) is 0 Å². The van der Waals surface area contributed by atoms with Gasteiger partial charge in [0.15, 0.2) is 0 Å². The molecule has 1 atom stereocenters. The van der Waals surface area contributed by atoms with Gasteiger partial charge in [-0.15, -0.1) is 0 Å². The molecule has 3 nitrogen and oxygen atoms in total. The van der Waals surface area contributed by atoms with E-state index in [0.717, 1.165) is 19.3 Å². The molecule has 76 valence electrons. The molecule has 1 unspecified atom stereocenters. The maximum Gasteiger partial charge on any atom is 0.306 e. The lowest BCUT2D eigenvalue weighted by molar-refractivity contribution is -0.141. The lowest BCUT2D eigenvalue weighted by Gasteiger charge is -2.04. The molecular formula is C9H15ClO3. The second kappa shape index (κ2) is 6.89. The predicted molar refractivity (Wildman–Crippen MR) is 50.7 cm³/mol. The van der Waals surface area contributed by atoms with E-state index in [0.29, 0.717) is 12.8 Å². The zero-order valence-electron chi connectivity index (χ0n) is 7.75. The molecule has 0 saturated carbocycles. The Bertz CT molecular complexity index is 180. The van der Waals surface area contributed by atoms with E-state index in [1.807, 2.05) is 0 Å². The van der Waals surface area contributed by atoms with Gasteiger partial charge in [-0.05, 0) is 24.4 Å². The summed E-state index contributed by atoms with van der Waals surface area (Å²) in [6.45, 7) is 1.69. The molecule has 0 aromatic rings. The summed E-state index contributed by atoms with van der Waals surface area (Å²) in [4.78, 5) is 20.7. The molecule has 0 aliphatic heterocycles. The fourth-order valence-electron chi connectivity index (χ4n) is 1.01. The lowest BCUT2D eigenvalue weighted by atomic mass is 10.0. The molecule has 0 saturated heterocycles. The highest BCUT2D eigenvalue weighted by molar-refractivity contribution is 6.63. The monoisotopic (exact) mass is 206 g/mol. The van der Waals surface area contributed by atoms with Crippen LogP contribution >= 0.6 is 11.6 Å². The van der Waals surface area contributed by atoms with Gasteiger partial charge < -0.3 is 5.11 Å². The first-order valence-electron chi connectivity index (χ1n) is 4.45. The van der Waals surface area contributed by atoms with Crippen molar-refractivity contribution in [2.75, 3.05) is 0 Å². The van der Waals surface area contributed by atoms with E-state index in [2.05, 4.69) is 0 Å². The van der Waals surface area contributed by atoms with Crippen LogP contribution in [-0.4, -0.2) is 16.3 Å². The summed E-state index contributed by atoms with van der Waals surface area (Å²) in [5.74, 6) is -1.04. The van der Waals surface area contributed by atoms with Gasteiger partial charge in [0.25, 0.3) is 0 Å². The Morgan fingerprint density at radius 2 is 1.92 bits per heavy atom. The van der Waals surface area contributed by atoms with Crippen LogP contribution in [0.4, 0.5) is 0 Å². The summed E-state index contributed by atoms with van der Waals surface area (Å²) < 4.78 is 0. The number of carbonyl (C=O) groups excluding carboxylic acids is 1. The molecule has 0 aromatic heterocycles. The summed E-state index contributed by atoms with van der Waals surface area (Å²) in [6, 6.07) is 0. The molecule has 0 heterocycles. The summed E-state index contributed by atoms with van der Waals surface area (Å²) in [5, 5.41) is 8.24. The maximum absolute atomic E-state index is 10.4. The molecule has 4 heteroatoms. The van der Waals surface area contributed by atoms with Gasteiger partial charge in [-0.1, -0.05) is 19.8 Å². The number of carboxylic acid groups (broad SMARTS) is 1. The summed E-state index contributed by atoms with van der Waals surface area (Å²) in [7, 11) is 0. The van der Waals surface area contributed by atoms with Crippen LogP contribution in [0.25, 0.3) is 0 Å². The average Bonchev–Trinajstić information content (AvgIpc) is 2.02. The van der Waals surface area contributed by atoms with Crippen LogP contribution in [0, 0.1) is 5.92 Å². The second-order valence-electron chi connectivity index (χ2n) is 3.19. The van der Waals surface area contributed by atoms with Gasteiger partial charge in [0.05, 0.1) is 5.92 Å². The minimum atomic E-state index is -0.756. The summed E-state index contributed by atoms with van der Waals surface area (Å²) in [5.41, 5.74) is 0. The van der Waals surface area contributed by atoms with E-state index in [-0.39, 0.29) is 11.2 Å². The van der Waals surface area contributed by atoms with Crippen LogP contribution in [0.3, 0.4) is 0 Å². The van der Waals surface area contributed by atoms with Crippen LogP contribution in [0.5, 0.6) is 0 Å². The first-order chi connectivity index (χ1) is 6.04.